The number of benzene rings is 1. The third kappa shape index (κ3) is 4.67. The van der Waals surface area contributed by atoms with Gasteiger partial charge in [0.25, 0.3) is 10.0 Å². The highest BCUT2D eigenvalue weighted by Crippen LogP contribution is 2.26. The molecule has 5 nitrogen and oxygen atoms in total. The van der Waals surface area contributed by atoms with Gasteiger partial charge in [-0.05, 0) is 31.0 Å². The summed E-state index contributed by atoms with van der Waals surface area (Å²) in [6, 6.07) is 4.74. The molecule has 0 bridgehead atoms. The van der Waals surface area contributed by atoms with Crippen LogP contribution in [0.3, 0.4) is 0 Å². The number of nitrogens with zero attached hydrogens (tertiary/aromatic N) is 1. The number of anilines is 1. The van der Waals surface area contributed by atoms with E-state index in [2.05, 4.69) is 9.71 Å². The highest BCUT2D eigenvalue weighted by molar-refractivity contribution is 7.93. The van der Waals surface area contributed by atoms with Gasteiger partial charge in [-0.2, -0.15) is 0 Å². The lowest BCUT2D eigenvalue weighted by Crippen LogP contribution is -2.14. The predicted octanol–water partition coefficient (Wildman–Crippen LogP) is 3.61. The standard InChI is InChI=1S/C15H19ClN2O3S2/c1-3-5-12(19)8-11-9-22-15(17-11)18-23(20,21)14-7-4-6-13(16)10(14)2/h4,6-7,9,12,19H,3,5,8H2,1-2H3,(H,17,18). The Morgan fingerprint density at radius 2 is 2.17 bits per heavy atom. The molecule has 0 aliphatic rings. The highest BCUT2D eigenvalue weighted by Gasteiger charge is 2.20. The fraction of sp³-hybridized carbons (Fsp3) is 0.400. The van der Waals surface area contributed by atoms with Crippen molar-refractivity contribution in [1.29, 1.82) is 0 Å². The number of nitrogens with one attached hydrogen (secondary N) is 1. The smallest absolute Gasteiger partial charge is 0.263 e. The molecule has 1 aromatic heterocycles. The quantitative estimate of drug-likeness (QED) is 0.775. The van der Waals surface area contributed by atoms with Crippen molar-refractivity contribution >= 4 is 38.1 Å². The summed E-state index contributed by atoms with van der Waals surface area (Å²) in [5.41, 5.74) is 1.17. The summed E-state index contributed by atoms with van der Waals surface area (Å²) in [7, 11) is -3.74. The highest BCUT2D eigenvalue weighted by atomic mass is 35.5. The Labute approximate surface area is 145 Å². The van der Waals surface area contributed by atoms with E-state index >= 15 is 0 Å². The summed E-state index contributed by atoms with van der Waals surface area (Å²) < 4.78 is 27.4. The topological polar surface area (TPSA) is 79.3 Å². The van der Waals surface area contributed by atoms with Gasteiger partial charge in [0.15, 0.2) is 5.13 Å². The number of thiazole rings is 1. The van der Waals surface area contributed by atoms with Gasteiger partial charge in [0.05, 0.1) is 16.7 Å². The van der Waals surface area contributed by atoms with Crippen LogP contribution in [-0.2, 0) is 16.4 Å². The third-order valence-electron chi connectivity index (χ3n) is 3.35. The van der Waals surface area contributed by atoms with Gasteiger partial charge < -0.3 is 5.11 Å². The van der Waals surface area contributed by atoms with Gasteiger partial charge >= 0.3 is 0 Å². The average Bonchev–Trinajstić information content (AvgIpc) is 2.88. The Morgan fingerprint density at radius 3 is 2.87 bits per heavy atom. The minimum absolute atomic E-state index is 0.132. The lowest BCUT2D eigenvalue weighted by atomic mass is 10.1. The third-order valence-corrected chi connectivity index (χ3v) is 6.18. The fourth-order valence-electron chi connectivity index (χ4n) is 2.17. The number of hydrogen-bond donors (Lipinski definition) is 2. The van der Waals surface area contributed by atoms with Crippen LogP contribution in [0.1, 0.15) is 31.0 Å². The van der Waals surface area contributed by atoms with Crippen LogP contribution < -0.4 is 4.72 Å². The van der Waals surface area contributed by atoms with Crippen LogP contribution in [0.15, 0.2) is 28.5 Å². The van der Waals surface area contributed by atoms with Crippen LogP contribution in [0.4, 0.5) is 5.13 Å². The SMILES string of the molecule is CCCC(O)Cc1csc(NS(=O)(=O)c2cccc(Cl)c2C)n1. The molecule has 1 atom stereocenters. The Hall–Kier alpha value is -1.15. The first-order valence-electron chi connectivity index (χ1n) is 7.24. The summed E-state index contributed by atoms with van der Waals surface area (Å²) in [5, 5.41) is 12.2. The van der Waals surface area contributed by atoms with Gasteiger partial charge in [0.1, 0.15) is 0 Å². The normalized spacial score (nSPS) is 13.0. The van der Waals surface area contributed by atoms with Crippen LogP contribution in [0.5, 0.6) is 0 Å². The number of rotatable bonds is 7. The van der Waals surface area contributed by atoms with E-state index in [9.17, 15) is 13.5 Å². The van der Waals surface area contributed by atoms with Crippen molar-refractivity contribution in [1.82, 2.24) is 4.98 Å². The minimum Gasteiger partial charge on any atom is -0.393 e. The molecule has 126 valence electrons. The number of hydrogen-bond acceptors (Lipinski definition) is 5. The molecule has 1 aromatic carbocycles. The van der Waals surface area contributed by atoms with Gasteiger partial charge in [-0.3, -0.25) is 4.72 Å². The maximum atomic E-state index is 12.5. The maximum Gasteiger partial charge on any atom is 0.263 e. The second kappa shape index (κ2) is 7.61. The monoisotopic (exact) mass is 374 g/mol. The van der Waals surface area contributed by atoms with Gasteiger partial charge in [-0.25, -0.2) is 13.4 Å². The van der Waals surface area contributed by atoms with Crippen molar-refractivity contribution in [3.63, 3.8) is 0 Å². The summed E-state index contributed by atoms with van der Waals surface area (Å²) in [5.74, 6) is 0. The van der Waals surface area contributed by atoms with Crippen LogP contribution in [0, 0.1) is 6.92 Å². The van der Waals surface area contributed by atoms with Crippen molar-refractivity contribution in [2.24, 2.45) is 0 Å². The van der Waals surface area contributed by atoms with E-state index in [1.807, 2.05) is 6.92 Å². The first kappa shape index (κ1) is 18.2. The minimum atomic E-state index is -3.74. The van der Waals surface area contributed by atoms with E-state index in [1.165, 1.54) is 17.4 Å². The van der Waals surface area contributed by atoms with Gasteiger partial charge in [0, 0.05) is 16.8 Å². The number of aromatic nitrogens is 1. The van der Waals surface area contributed by atoms with Crippen LogP contribution >= 0.6 is 22.9 Å². The van der Waals surface area contributed by atoms with Crippen molar-refractivity contribution in [2.75, 3.05) is 4.72 Å². The first-order valence-corrected chi connectivity index (χ1v) is 9.98. The van der Waals surface area contributed by atoms with Gasteiger partial charge in [-0.15, -0.1) is 11.3 Å². The summed E-state index contributed by atoms with van der Waals surface area (Å²) in [4.78, 5) is 4.36. The Morgan fingerprint density at radius 1 is 1.43 bits per heavy atom. The number of aliphatic hydroxyl groups excluding tert-OH is 1. The number of aliphatic hydroxyl groups is 1. The molecule has 1 heterocycles. The number of halogens is 1. The first-order chi connectivity index (χ1) is 10.8. The van der Waals surface area contributed by atoms with E-state index in [4.69, 9.17) is 11.6 Å². The van der Waals surface area contributed by atoms with Gasteiger partial charge in [0.2, 0.25) is 0 Å². The largest absolute Gasteiger partial charge is 0.393 e. The second-order valence-corrected chi connectivity index (χ2v) is 8.18. The van der Waals surface area contributed by atoms with Crippen LogP contribution in [0.2, 0.25) is 5.02 Å². The maximum absolute atomic E-state index is 12.5. The molecule has 0 radical (unpaired) electrons. The average molecular weight is 375 g/mol. The van der Waals surface area contributed by atoms with Crippen LogP contribution in [-0.4, -0.2) is 24.6 Å². The summed E-state index contributed by atoms with van der Waals surface area (Å²) in [6.07, 6.45) is 1.54. The molecule has 2 rings (SSSR count). The van der Waals surface area contributed by atoms with E-state index in [0.29, 0.717) is 29.1 Å². The van der Waals surface area contributed by atoms with E-state index < -0.39 is 16.1 Å². The van der Waals surface area contributed by atoms with E-state index in [-0.39, 0.29) is 10.0 Å². The lowest BCUT2D eigenvalue weighted by molar-refractivity contribution is 0.163. The molecule has 8 heteroatoms. The molecular formula is C15H19ClN2O3S2. The van der Waals surface area contributed by atoms with Crippen molar-refractivity contribution in [3.05, 3.63) is 39.9 Å². The second-order valence-electron chi connectivity index (χ2n) is 5.26. The van der Waals surface area contributed by atoms with Crippen LogP contribution in [0.25, 0.3) is 0 Å². The zero-order valence-electron chi connectivity index (χ0n) is 12.9. The summed E-state index contributed by atoms with van der Waals surface area (Å²) >= 11 is 7.18. The molecule has 23 heavy (non-hydrogen) atoms. The van der Waals surface area contributed by atoms with Crippen molar-refractivity contribution in [2.45, 2.75) is 44.1 Å². The van der Waals surface area contributed by atoms with Crippen molar-refractivity contribution < 1.29 is 13.5 Å². The molecule has 0 saturated heterocycles. The number of sulfonamides is 1. The molecule has 0 amide bonds. The zero-order chi connectivity index (χ0) is 17.0. The fourth-order valence-corrected chi connectivity index (χ4v) is 4.65. The summed E-state index contributed by atoms with van der Waals surface area (Å²) in [6.45, 7) is 3.66. The lowest BCUT2D eigenvalue weighted by Gasteiger charge is -2.09. The molecule has 2 N–H and O–H groups in total. The Kier molecular flexibility index (Phi) is 6.02. The van der Waals surface area contributed by atoms with Gasteiger partial charge in [-0.1, -0.05) is 31.0 Å². The van der Waals surface area contributed by atoms with E-state index in [1.54, 1.807) is 24.4 Å². The molecule has 1 unspecified atom stereocenters. The molecular weight excluding hydrogens is 356 g/mol. The Bertz CT molecular complexity index is 775. The molecule has 0 spiro atoms. The zero-order valence-corrected chi connectivity index (χ0v) is 15.3. The molecule has 0 aliphatic carbocycles. The molecule has 0 aliphatic heterocycles. The Balaban J connectivity index is 2.15. The predicted molar refractivity (Wildman–Crippen MR) is 93.7 cm³/mol. The molecule has 0 saturated carbocycles. The van der Waals surface area contributed by atoms with E-state index in [0.717, 1.165) is 6.42 Å². The van der Waals surface area contributed by atoms with Crippen molar-refractivity contribution in [3.8, 4) is 0 Å². The molecule has 0 fully saturated rings. The molecule has 2 aromatic rings.